The molecule has 0 radical (unpaired) electrons. The van der Waals surface area contributed by atoms with Crippen LogP contribution in [0, 0.1) is 13.7 Å². The number of hydrogen-bond acceptors (Lipinski definition) is 5. The average Bonchev–Trinajstić information content (AvgIpc) is 2.73. The third-order valence-electron chi connectivity index (χ3n) is 4.07. The number of nitrogens with one attached hydrogen (secondary N) is 1. The zero-order chi connectivity index (χ0) is 21.7. The molecular weight excluding hydrogens is 521 g/mol. The van der Waals surface area contributed by atoms with E-state index >= 15 is 0 Å². The third kappa shape index (κ3) is 5.13. The molecule has 0 fully saturated rings. The minimum Gasteiger partial charge on any atom is -0.324 e. The summed E-state index contributed by atoms with van der Waals surface area (Å²) in [6.07, 6.45) is 0. The fraction of sp³-hybridized carbons (Fsp3) is 0.0500. The number of non-ortho nitro benzene ring substituents is 1. The zero-order valence-electron chi connectivity index (χ0n) is 15.4. The fourth-order valence-electron chi connectivity index (χ4n) is 2.67. The van der Waals surface area contributed by atoms with Gasteiger partial charge in [0.05, 0.1) is 15.5 Å². The summed E-state index contributed by atoms with van der Waals surface area (Å²) < 4.78 is 28.3. The average molecular weight is 537 g/mol. The second kappa shape index (κ2) is 9.22. The number of nitro groups is 1. The summed E-state index contributed by atoms with van der Waals surface area (Å²) in [4.78, 5) is 23.0. The molecule has 0 saturated carbocycles. The summed E-state index contributed by atoms with van der Waals surface area (Å²) in [6, 6.07) is 19.9. The summed E-state index contributed by atoms with van der Waals surface area (Å²) in [7, 11) is -4.01. The first-order valence-corrected chi connectivity index (χ1v) is 11.2. The van der Waals surface area contributed by atoms with Crippen molar-refractivity contribution in [2.45, 2.75) is 4.90 Å². The Balaban J connectivity index is 1.91. The van der Waals surface area contributed by atoms with E-state index in [9.17, 15) is 23.3 Å². The van der Waals surface area contributed by atoms with Crippen molar-refractivity contribution in [1.29, 1.82) is 0 Å². The van der Waals surface area contributed by atoms with Gasteiger partial charge in [-0.15, -0.1) is 0 Å². The van der Waals surface area contributed by atoms with Crippen LogP contribution in [0.3, 0.4) is 0 Å². The number of rotatable bonds is 7. The van der Waals surface area contributed by atoms with Crippen LogP contribution in [0.4, 0.5) is 17.1 Å². The number of nitro benzene ring substituents is 1. The molecule has 0 aliphatic rings. The highest BCUT2D eigenvalue weighted by atomic mass is 127. The zero-order valence-corrected chi connectivity index (χ0v) is 18.4. The van der Waals surface area contributed by atoms with Crippen molar-refractivity contribution in [2.75, 3.05) is 16.2 Å². The number of amides is 1. The van der Waals surface area contributed by atoms with E-state index in [0.29, 0.717) is 5.69 Å². The Morgan fingerprint density at radius 2 is 1.67 bits per heavy atom. The van der Waals surface area contributed by atoms with Crippen LogP contribution in [-0.4, -0.2) is 25.8 Å². The van der Waals surface area contributed by atoms with Crippen molar-refractivity contribution in [3.8, 4) is 0 Å². The SMILES string of the molecule is O=C(CN(c1ccc(I)cc1)S(=O)(=O)c1ccccc1)Nc1cccc([N+](=O)[O-])c1. The number of hydrogen-bond donors (Lipinski definition) is 1. The monoisotopic (exact) mass is 537 g/mol. The summed E-state index contributed by atoms with van der Waals surface area (Å²) in [6.45, 7) is -0.499. The van der Waals surface area contributed by atoms with E-state index in [1.54, 1.807) is 42.5 Å². The van der Waals surface area contributed by atoms with Crippen molar-refractivity contribution in [2.24, 2.45) is 0 Å². The first-order chi connectivity index (χ1) is 14.3. The molecule has 0 aliphatic carbocycles. The predicted octanol–water partition coefficient (Wildman–Crippen LogP) is 4.03. The van der Waals surface area contributed by atoms with E-state index in [0.717, 1.165) is 7.88 Å². The number of anilines is 2. The van der Waals surface area contributed by atoms with Crippen LogP contribution in [0.5, 0.6) is 0 Å². The van der Waals surface area contributed by atoms with Gasteiger partial charge in [0.2, 0.25) is 5.91 Å². The van der Waals surface area contributed by atoms with Crippen molar-refractivity contribution >= 4 is 55.6 Å². The lowest BCUT2D eigenvalue weighted by Gasteiger charge is -2.24. The lowest BCUT2D eigenvalue weighted by Crippen LogP contribution is -2.38. The lowest BCUT2D eigenvalue weighted by molar-refractivity contribution is -0.384. The molecule has 3 rings (SSSR count). The predicted molar refractivity (Wildman–Crippen MR) is 122 cm³/mol. The molecule has 1 amide bonds. The quantitative estimate of drug-likeness (QED) is 0.278. The Morgan fingerprint density at radius 3 is 2.30 bits per heavy atom. The molecule has 1 N–H and O–H groups in total. The second-order valence-electron chi connectivity index (χ2n) is 6.16. The summed E-state index contributed by atoms with van der Waals surface area (Å²) >= 11 is 2.10. The Labute approximate surface area is 186 Å². The number of benzene rings is 3. The molecule has 0 unspecified atom stereocenters. The normalized spacial score (nSPS) is 11.0. The Bertz CT molecular complexity index is 1170. The molecule has 30 heavy (non-hydrogen) atoms. The van der Waals surface area contributed by atoms with Crippen LogP contribution in [0.1, 0.15) is 0 Å². The molecule has 0 saturated heterocycles. The maximum atomic E-state index is 13.2. The van der Waals surface area contributed by atoms with E-state index in [1.807, 2.05) is 0 Å². The van der Waals surface area contributed by atoms with Gasteiger partial charge in [0.1, 0.15) is 6.54 Å². The Morgan fingerprint density at radius 1 is 1.00 bits per heavy atom. The third-order valence-corrected chi connectivity index (χ3v) is 6.58. The first-order valence-electron chi connectivity index (χ1n) is 8.65. The van der Waals surface area contributed by atoms with Gasteiger partial charge in [-0.05, 0) is 65.1 Å². The van der Waals surface area contributed by atoms with Crippen molar-refractivity contribution in [1.82, 2.24) is 0 Å². The van der Waals surface area contributed by atoms with E-state index in [1.165, 1.54) is 36.4 Å². The van der Waals surface area contributed by atoms with E-state index in [2.05, 4.69) is 27.9 Å². The van der Waals surface area contributed by atoms with Crippen molar-refractivity contribution < 1.29 is 18.1 Å². The highest BCUT2D eigenvalue weighted by Crippen LogP contribution is 2.25. The number of sulfonamides is 1. The molecule has 0 aliphatic heterocycles. The summed E-state index contributed by atoms with van der Waals surface area (Å²) in [5, 5.41) is 13.4. The van der Waals surface area contributed by atoms with Crippen LogP contribution in [0.2, 0.25) is 0 Å². The summed E-state index contributed by atoms with van der Waals surface area (Å²) in [5.41, 5.74) is 0.349. The van der Waals surface area contributed by atoms with Gasteiger partial charge in [0.15, 0.2) is 0 Å². The van der Waals surface area contributed by atoms with Crippen molar-refractivity contribution in [3.63, 3.8) is 0 Å². The molecule has 3 aromatic rings. The molecular formula is C20H16IN3O5S. The van der Waals surface area contributed by atoms with Crippen LogP contribution < -0.4 is 9.62 Å². The number of nitrogens with zero attached hydrogens (tertiary/aromatic N) is 2. The van der Waals surface area contributed by atoms with Crippen LogP contribution in [0.25, 0.3) is 0 Å². The van der Waals surface area contributed by atoms with Gasteiger partial charge >= 0.3 is 0 Å². The smallest absolute Gasteiger partial charge is 0.271 e. The molecule has 8 nitrogen and oxygen atoms in total. The molecule has 0 bridgehead atoms. The van der Waals surface area contributed by atoms with Gasteiger partial charge < -0.3 is 5.32 Å². The molecule has 3 aromatic carbocycles. The first kappa shape index (κ1) is 21.7. The van der Waals surface area contributed by atoms with Crippen LogP contribution in [0.15, 0.2) is 83.8 Å². The maximum Gasteiger partial charge on any atom is 0.271 e. The summed E-state index contributed by atoms with van der Waals surface area (Å²) in [5.74, 6) is -0.631. The highest BCUT2D eigenvalue weighted by molar-refractivity contribution is 14.1. The van der Waals surface area contributed by atoms with Gasteiger partial charge in [-0.2, -0.15) is 0 Å². The molecule has 10 heteroatoms. The van der Waals surface area contributed by atoms with E-state index in [4.69, 9.17) is 0 Å². The molecule has 0 heterocycles. The Hall–Kier alpha value is -2.99. The standard InChI is InChI=1S/C20H16IN3O5S/c21-15-9-11-17(12-10-15)23(30(28,29)19-7-2-1-3-8-19)14-20(25)22-16-5-4-6-18(13-16)24(26)27/h1-13H,14H2,(H,22,25). The van der Waals surface area contributed by atoms with Gasteiger partial charge in [-0.25, -0.2) is 8.42 Å². The topological polar surface area (TPSA) is 110 Å². The van der Waals surface area contributed by atoms with Crippen LogP contribution >= 0.6 is 22.6 Å². The van der Waals surface area contributed by atoms with E-state index < -0.39 is 27.4 Å². The van der Waals surface area contributed by atoms with Gasteiger partial charge in [-0.1, -0.05) is 24.3 Å². The minimum absolute atomic E-state index is 0.0479. The van der Waals surface area contributed by atoms with Crippen LogP contribution in [-0.2, 0) is 14.8 Å². The number of halogens is 1. The van der Waals surface area contributed by atoms with Gasteiger partial charge in [0, 0.05) is 21.4 Å². The molecule has 0 atom stereocenters. The maximum absolute atomic E-state index is 13.2. The van der Waals surface area contributed by atoms with Gasteiger partial charge in [0.25, 0.3) is 15.7 Å². The number of carbonyl (C=O) groups is 1. The van der Waals surface area contributed by atoms with Crippen molar-refractivity contribution in [3.05, 3.63) is 92.5 Å². The molecule has 0 aromatic heterocycles. The fourth-order valence-corrected chi connectivity index (χ4v) is 4.47. The van der Waals surface area contributed by atoms with E-state index in [-0.39, 0.29) is 16.3 Å². The molecule has 0 spiro atoms. The number of carbonyl (C=O) groups excluding carboxylic acids is 1. The van der Waals surface area contributed by atoms with Gasteiger partial charge in [-0.3, -0.25) is 19.2 Å². The second-order valence-corrected chi connectivity index (χ2v) is 9.26. The molecule has 154 valence electrons. The largest absolute Gasteiger partial charge is 0.324 e. The lowest BCUT2D eigenvalue weighted by atomic mass is 10.3. The minimum atomic E-state index is -4.01. The highest BCUT2D eigenvalue weighted by Gasteiger charge is 2.27. The Kier molecular flexibility index (Phi) is 6.67.